The van der Waals surface area contributed by atoms with Crippen LogP contribution in [0.2, 0.25) is 5.15 Å². The Bertz CT molecular complexity index is 1660. The molecule has 15 heteroatoms. The molecule has 4 heterocycles. The molecule has 46 heavy (non-hydrogen) atoms. The highest BCUT2D eigenvalue weighted by atomic mass is 35.5. The van der Waals surface area contributed by atoms with E-state index in [0.29, 0.717) is 24.6 Å². The highest BCUT2D eigenvalue weighted by Gasteiger charge is 2.49. The number of carbonyl (C=O) groups is 2. The van der Waals surface area contributed by atoms with Crippen LogP contribution in [-0.4, -0.2) is 91.3 Å². The van der Waals surface area contributed by atoms with Crippen molar-refractivity contribution in [3.05, 3.63) is 70.8 Å². The topological polar surface area (TPSA) is 173 Å². The Hall–Kier alpha value is -4.37. The van der Waals surface area contributed by atoms with E-state index in [1.807, 2.05) is 48.5 Å². The summed E-state index contributed by atoms with van der Waals surface area (Å²) in [5, 5.41) is 24.3. The number of aromatic nitrogens is 6. The van der Waals surface area contributed by atoms with Gasteiger partial charge in [-0.3, -0.25) is 0 Å². The predicted molar refractivity (Wildman–Crippen MR) is 162 cm³/mol. The molecule has 2 aliphatic rings. The number of unbranched alkanes of at least 4 members (excludes halogenated alkanes) is 1. The van der Waals surface area contributed by atoms with Gasteiger partial charge in [0, 0.05) is 25.5 Å². The molecule has 0 spiro atoms. The van der Waals surface area contributed by atoms with Crippen molar-refractivity contribution in [1.82, 2.24) is 30.2 Å². The van der Waals surface area contributed by atoms with Crippen molar-refractivity contribution in [3.63, 3.8) is 0 Å². The Labute approximate surface area is 268 Å². The SMILES string of the molecule is CCCCc1nc(Cl)c(C(=O)OC(C)OC(=O)O[C@@H]2CO[C@@H]3[C@H]2OC[C@H]3O)n1Cc1ccc(-c2ccccc2-c2nn[nH]n2)cc1. The molecule has 2 aromatic carbocycles. The summed E-state index contributed by atoms with van der Waals surface area (Å²) in [6.07, 6.45) is -2.72. The first-order valence-electron chi connectivity index (χ1n) is 15.0. The van der Waals surface area contributed by atoms with Crippen LogP contribution in [0.3, 0.4) is 0 Å². The Morgan fingerprint density at radius 2 is 1.85 bits per heavy atom. The van der Waals surface area contributed by atoms with E-state index in [-0.39, 0.29) is 24.1 Å². The van der Waals surface area contributed by atoms with Crippen molar-refractivity contribution in [3.8, 4) is 22.5 Å². The lowest BCUT2D eigenvalue weighted by molar-refractivity contribution is -0.0990. The number of aromatic amines is 1. The summed E-state index contributed by atoms with van der Waals surface area (Å²) in [6.45, 7) is 3.89. The van der Waals surface area contributed by atoms with Crippen LogP contribution in [-0.2, 0) is 36.6 Å². The van der Waals surface area contributed by atoms with Crippen LogP contribution in [0, 0.1) is 0 Å². The van der Waals surface area contributed by atoms with Gasteiger partial charge in [0.05, 0.1) is 13.2 Å². The molecule has 6 rings (SSSR count). The van der Waals surface area contributed by atoms with Crippen LogP contribution in [0.4, 0.5) is 4.79 Å². The lowest BCUT2D eigenvalue weighted by Gasteiger charge is -2.19. The van der Waals surface area contributed by atoms with Crippen molar-refractivity contribution >= 4 is 23.7 Å². The first-order chi connectivity index (χ1) is 22.3. The van der Waals surface area contributed by atoms with Crippen LogP contribution >= 0.6 is 11.6 Å². The standard InChI is InChI=1S/C31H33ClN6O8/c1-3-4-9-24-33-28(32)25(30(40)44-17(2)45-31(41)46-23-16-43-26-22(39)15-42-27(23)26)38(24)14-18-10-12-19(13-11-18)20-7-5-6-8-21(20)29-34-36-37-35-29/h5-8,10-13,17,22-23,26-27,39H,3-4,9,14-16H2,1-2H3,(H,34,35,36,37)/t17?,22-,23-,26+,27+/m1/s1. The van der Waals surface area contributed by atoms with Crippen LogP contribution in [0.15, 0.2) is 48.5 Å². The Kier molecular flexibility index (Phi) is 9.59. The molecule has 5 atom stereocenters. The summed E-state index contributed by atoms with van der Waals surface area (Å²) in [4.78, 5) is 30.3. The largest absolute Gasteiger partial charge is 0.511 e. The second kappa shape index (κ2) is 14.0. The molecule has 2 fully saturated rings. The predicted octanol–water partition coefficient (Wildman–Crippen LogP) is 3.96. The number of carbonyl (C=O) groups excluding carboxylic acids is 2. The molecule has 0 amide bonds. The second-order valence-electron chi connectivity index (χ2n) is 11.0. The van der Waals surface area contributed by atoms with Gasteiger partial charge in [-0.05, 0) is 28.3 Å². The van der Waals surface area contributed by atoms with Gasteiger partial charge in [0.25, 0.3) is 0 Å². The monoisotopic (exact) mass is 652 g/mol. The molecule has 242 valence electrons. The number of imidazole rings is 1. The molecule has 2 N–H and O–H groups in total. The first-order valence-corrected chi connectivity index (χ1v) is 15.4. The zero-order valence-corrected chi connectivity index (χ0v) is 25.9. The summed E-state index contributed by atoms with van der Waals surface area (Å²) >= 11 is 6.49. The zero-order chi connectivity index (χ0) is 32.2. The van der Waals surface area contributed by atoms with Gasteiger partial charge in [-0.1, -0.05) is 73.5 Å². The second-order valence-corrected chi connectivity index (χ2v) is 11.4. The fourth-order valence-corrected chi connectivity index (χ4v) is 5.87. The maximum Gasteiger partial charge on any atom is 0.511 e. The third-order valence-corrected chi connectivity index (χ3v) is 8.10. The normalized spacial score (nSPS) is 21.1. The first kappa shape index (κ1) is 31.6. The maximum absolute atomic E-state index is 13.4. The number of aliphatic hydroxyl groups is 1. The smallest absolute Gasteiger partial charge is 0.426 e. The number of halogens is 1. The Balaban J connectivity index is 1.15. The van der Waals surface area contributed by atoms with Crippen molar-refractivity contribution in [2.45, 2.75) is 70.4 Å². The van der Waals surface area contributed by atoms with E-state index in [2.05, 4.69) is 32.5 Å². The van der Waals surface area contributed by atoms with Gasteiger partial charge in [0.15, 0.2) is 17.0 Å². The summed E-state index contributed by atoms with van der Waals surface area (Å²) in [5.74, 6) is 0.317. The number of aryl methyl sites for hydroxylation is 1. The van der Waals surface area contributed by atoms with Crippen molar-refractivity contribution in [2.24, 2.45) is 0 Å². The maximum atomic E-state index is 13.4. The van der Waals surface area contributed by atoms with E-state index >= 15 is 0 Å². The van der Waals surface area contributed by atoms with Crippen LogP contribution in [0.1, 0.15) is 48.6 Å². The summed E-state index contributed by atoms with van der Waals surface area (Å²) in [7, 11) is 0. The minimum absolute atomic E-state index is 0.0115. The molecule has 14 nitrogen and oxygen atoms in total. The minimum atomic E-state index is -1.30. The third-order valence-electron chi connectivity index (χ3n) is 7.83. The number of nitrogens with zero attached hydrogens (tertiary/aromatic N) is 5. The average Bonchev–Trinajstić information content (AvgIpc) is 3.84. The number of aliphatic hydroxyl groups excluding tert-OH is 1. The van der Waals surface area contributed by atoms with Crippen LogP contribution < -0.4 is 0 Å². The lowest BCUT2D eigenvalue weighted by Crippen LogP contribution is -2.35. The molecule has 0 aliphatic carbocycles. The van der Waals surface area contributed by atoms with E-state index in [1.54, 1.807) is 4.57 Å². The van der Waals surface area contributed by atoms with E-state index in [0.717, 1.165) is 35.1 Å². The Morgan fingerprint density at radius 3 is 2.59 bits per heavy atom. The van der Waals surface area contributed by atoms with Crippen molar-refractivity contribution in [1.29, 1.82) is 0 Å². The molecule has 0 radical (unpaired) electrons. The van der Waals surface area contributed by atoms with E-state index in [9.17, 15) is 14.7 Å². The van der Waals surface area contributed by atoms with E-state index in [4.69, 9.17) is 35.3 Å². The molecular formula is C31H33ClN6O8. The quantitative estimate of drug-likeness (QED) is 0.177. The molecule has 0 bridgehead atoms. The molecule has 1 unspecified atom stereocenters. The van der Waals surface area contributed by atoms with Crippen LogP contribution in [0.5, 0.6) is 0 Å². The van der Waals surface area contributed by atoms with Gasteiger partial charge in [0.2, 0.25) is 12.1 Å². The van der Waals surface area contributed by atoms with Gasteiger partial charge < -0.3 is 33.4 Å². The summed E-state index contributed by atoms with van der Waals surface area (Å²) in [5.41, 5.74) is 3.67. The number of hydrogen-bond donors (Lipinski definition) is 2. The molecule has 2 aromatic heterocycles. The average molecular weight is 653 g/mol. The fourth-order valence-electron chi connectivity index (χ4n) is 5.60. The number of H-pyrrole nitrogens is 1. The van der Waals surface area contributed by atoms with Crippen LogP contribution in [0.25, 0.3) is 22.5 Å². The van der Waals surface area contributed by atoms with Gasteiger partial charge >= 0.3 is 12.1 Å². The number of rotatable bonds is 11. The number of esters is 1. The third kappa shape index (κ3) is 6.75. The van der Waals surface area contributed by atoms with Crippen molar-refractivity contribution in [2.75, 3.05) is 13.2 Å². The summed E-state index contributed by atoms with van der Waals surface area (Å²) < 4.78 is 28.6. The zero-order valence-electron chi connectivity index (χ0n) is 25.2. The molecule has 0 saturated carbocycles. The lowest BCUT2D eigenvalue weighted by atomic mass is 9.98. The van der Waals surface area contributed by atoms with Gasteiger partial charge in [-0.2, -0.15) is 5.21 Å². The number of tetrazole rings is 1. The van der Waals surface area contributed by atoms with E-state index in [1.165, 1.54) is 6.92 Å². The van der Waals surface area contributed by atoms with E-state index < -0.39 is 42.8 Å². The number of hydrogen-bond acceptors (Lipinski definition) is 12. The van der Waals surface area contributed by atoms with Gasteiger partial charge in [0.1, 0.15) is 24.1 Å². The minimum Gasteiger partial charge on any atom is -0.426 e. The number of fused-ring (bicyclic) bond motifs is 1. The fraction of sp³-hybridized carbons (Fsp3) is 0.419. The Morgan fingerprint density at radius 1 is 1.09 bits per heavy atom. The number of nitrogens with one attached hydrogen (secondary N) is 1. The summed E-state index contributed by atoms with van der Waals surface area (Å²) in [6, 6.07) is 15.6. The van der Waals surface area contributed by atoms with Crippen molar-refractivity contribution < 1.29 is 38.4 Å². The number of benzene rings is 2. The molecule has 2 aliphatic heterocycles. The highest BCUT2D eigenvalue weighted by Crippen LogP contribution is 2.31. The highest BCUT2D eigenvalue weighted by molar-refractivity contribution is 6.32. The van der Waals surface area contributed by atoms with Gasteiger partial charge in [-0.25, -0.2) is 14.6 Å². The molecule has 4 aromatic rings. The molecule has 2 saturated heterocycles. The molecular weight excluding hydrogens is 620 g/mol. The number of ether oxygens (including phenoxy) is 5. The van der Waals surface area contributed by atoms with Gasteiger partial charge in [-0.15, -0.1) is 10.2 Å².